The Labute approximate surface area is 98.3 Å². The van der Waals surface area contributed by atoms with Crippen molar-refractivity contribution in [2.75, 3.05) is 0 Å². The van der Waals surface area contributed by atoms with E-state index in [0.717, 1.165) is 5.52 Å². The Morgan fingerprint density at radius 3 is 2.76 bits per heavy atom. The first-order valence-corrected chi connectivity index (χ1v) is 5.46. The van der Waals surface area contributed by atoms with Crippen molar-refractivity contribution in [2.24, 2.45) is 0 Å². The quantitative estimate of drug-likeness (QED) is 0.849. The maximum atomic E-state index is 10.9. The summed E-state index contributed by atoms with van der Waals surface area (Å²) in [6.45, 7) is 4.28. The summed E-state index contributed by atoms with van der Waals surface area (Å²) in [6, 6.07) is 4.79. The highest BCUT2D eigenvalue weighted by Crippen LogP contribution is 2.21. The number of carboxylic acid groups (broad SMARTS) is 1. The molecule has 5 heteroatoms. The van der Waals surface area contributed by atoms with Crippen molar-refractivity contribution in [1.29, 1.82) is 0 Å². The van der Waals surface area contributed by atoms with Crippen molar-refractivity contribution >= 4 is 17.0 Å². The SMILES string of the molecule is CCn1c(C(C)O)nc2cc(C(=O)O)ccc21. The molecular formula is C12H14N2O3. The second-order valence-corrected chi connectivity index (χ2v) is 3.90. The van der Waals surface area contributed by atoms with E-state index in [9.17, 15) is 9.90 Å². The number of hydrogen-bond acceptors (Lipinski definition) is 3. The van der Waals surface area contributed by atoms with Crippen molar-refractivity contribution < 1.29 is 15.0 Å². The highest BCUT2D eigenvalue weighted by atomic mass is 16.4. The molecule has 0 saturated heterocycles. The third-order valence-electron chi connectivity index (χ3n) is 2.71. The second kappa shape index (κ2) is 4.18. The summed E-state index contributed by atoms with van der Waals surface area (Å²) in [5, 5.41) is 18.5. The molecule has 0 aliphatic carbocycles. The van der Waals surface area contributed by atoms with Gasteiger partial charge in [-0.05, 0) is 32.0 Å². The molecule has 5 nitrogen and oxygen atoms in total. The Morgan fingerprint density at radius 2 is 2.24 bits per heavy atom. The molecule has 0 aliphatic heterocycles. The molecular weight excluding hydrogens is 220 g/mol. The van der Waals surface area contributed by atoms with E-state index >= 15 is 0 Å². The molecule has 1 aromatic carbocycles. The van der Waals surface area contributed by atoms with E-state index in [2.05, 4.69) is 4.98 Å². The highest BCUT2D eigenvalue weighted by Gasteiger charge is 2.14. The van der Waals surface area contributed by atoms with E-state index in [4.69, 9.17) is 5.11 Å². The van der Waals surface area contributed by atoms with Gasteiger partial charge in [0.05, 0.1) is 16.6 Å². The summed E-state index contributed by atoms with van der Waals surface area (Å²) in [7, 11) is 0. The zero-order chi connectivity index (χ0) is 12.6. The van der Waals surface area contributed by atoms with Crippen LogP contribution in [0.5, 0.6) is 0 Å². The summed E-state index contributed by atoms with van der Waals surface area (Å²) >= 11 is 0. The van der Waals surface area contributed by atoms with Crippen LogP contribution in [0.15, 0.2) is 18.2 Å². The van der Waals surface area contributed by atoms with Crippen molar-refractivity contribution in [3.8, 4) is 0 Å². The van der Waals surface area contributed by atoms with Crippen molar-refractivity contribution in [3.05, 3.63) is 29.6 Å². The van der Waals surface area contributed by atoms with Crippen LogP contribution in [0, 0.1) is 0 Å². The van der Waals surface area contributed by atoms with Gasteiger partial charge in [-0.3, -0.25) is 0 Å². The number of benzene rings is 1. The minimum Gasteiger partial charge on any atom is -0.478 e. The molecule has 0 amide bonds. The minimum atomic E-state index is -0.975. The number of fused-ring (bicyclic) bond motifs is 1. The predicted octanol–water partition coefficient (Wildman–Crippen LogP) is 1.81. The van der Waals surface area contributed by atoms with Gasteiger partial charge in [0.25, 0.3) is 0 Å². The molecule has 2 aromatic rings. The number of carboxylic acids is 1. The average Bonchev–Trinajstić information content (AvgIpc) is 2.66. The lowest BCUT2D eigenvalue weighted by Gasteiger charge is -2.07. The van der Waals surface area contributed by atoms with Crippen LogP contribution < -0.4 is 0 Å². The monoisotopic (exact) mass is 234 g/mol. The van der Waals surface area contributed by atoms with Crippen molar-refractivity contribution in [3.63, 3.8) is 0 Å². The first-order chi connectivity index (χ1) is 8.04. The third kappa shape index (κ3) is 1.89. The van der Waals surface area contributed by atoms with Crippen LogP contribution in [-0.4, -0.2) is 25.7 Å². The maximum Gasteiger partial charge on any atom is 0.335 e. The largest absolute Gasteiger partial charge is 0.478 e. The van der Waals surface area contributed by atoms with E-state index in [1.54, 1.807) is 19.1 Å². The van der Waals surface area contributed by atoms with Gasteiger partial charge in [-0.2, -0.15) is 0 Å². The Bertz CT molecular complexity index is 572. The maximum absolute atomic E-state index is 10.9. The molecule has 0 fully saturated rings. The summed E-state index contributed by atoms with van der Waals surface area (Å²) in [6.07, 6.45) is -0.671. The van der Waals surface area contributed by atoms with Crippen LogP contribution in [0.4, 0.5) is 0 Å². The smallest absolute Gasteiger partial charge is 0.335 e. The van der Waals surface area contributed by atoms with Crippen molar-refractivity contribution in [1.82, 2.24) is 9.55 Å². The summed E-state index contributed by atoms with van der Waals surface area (Å²) in [5.41, 5.74) is 1.64. The van der Waals surface area contributed by atoms with Gasteiger partial charge < -0.3 is 14.8 Å². The number of nitrogens with zero attached hydrogens (tertiary/aromatic N) is 2. The van der Waals surface area contributed by atoms with E-state index in [1.165, 1.54) is 6.07 Å². The fraction of sp³-hybridized carbons (Fsp3) is 0.333. The summed E-state index contributed by atoms with van der Waals surface area (Å²) in [5.74, 6) is -0.415. The third-order valence-corrected chi connectivity index (χ3v) is 2.71. The molecule has 1 unspecified atom stereocenters. The molecule has 0 radical (unpaired) electrons. The molecule has 1 atom stereocenters. The molecule has 1 aromatic heterocycles. The van der Waals surface area contributed by atoms with Gasteiger partial charge in [-0.1, -0.05) is 0 Å². The molecule has 17 heavy (non-hydrogen) atoms. The molecule has 0 bridgehead atoms. The number of aliphatic hydroxyl groups excluding tert-OH is 1. The molecule has 0 spiro atoms. The lowest BCUT2D eigenvalue weighted by atomic mass is 10.2. The minimum absolute atomic E-state index is 0.204. The van der Waals surface area contributed by atoms with E-state index in [1.807, 2.05) is 11.5 Å². The van der Waals surface area contributed by atoms with Crippen LogP contribution >= 0.6 is 0 Å². The average molecular weight is 234 g/mol. The Balaban J connectivity index is 2.68. The van der Waals surface area contributed by atoms with Gasteiger partial charge in [0.15, 0.2) is 0 Å². The predicted molar refractivity (Wildman–Crippen MR) is 63.0 cm³/mol. The molecule has 2 rings (SSSR count). The first-order valence-electron chi connectivity index (χ1n) is 5.46. The standard InChI is InChI=1S/C12H14N2O3/c1-3-14-10-5-4-8(12(16)17)6-9(10)13-11(14)7(2)15/h4-7,15H,3H2,1-2H3,(H,16,17). The Morgan fingerprint density at radius 1 is 1.53 bits per heavy atom. The van der Waals surface area contributed by atoms with Crippen LogP contribution in [0.3, 0.4) is 0 Å². The van der Waals surface area contributed by atoms with Crippen molar-refractivity contribution in [2.45, 2.75) is 26.5 Å². The van der Waals surface area contributed by atoms with Gasteiger partial charge in [0, 0.05) is 6.54 Å². The number of rotatable bonds is 3. The molecule has 0 aliphatic rings. The van der Waals surface area contributed by atoms with Crippen LogP contribution in [0.2, 0.25) is 0 Å². The Hall–Kier alpha value is -1.88. The normalized spacial score (nSPS) is 12.9. The summed E-state index contributed by atoms with van der Waals surface area (Å²) < 4.78 is 1.88. The lowest BCUT2D eigenvalue weighted by Crippen LogP contribution is -2.04. The topological polar surface area (TPSA) is 75.3 Å². The van der Waals surface area contributed by atoms with Gasteiger partial charge in [0.2, 0.25) is 0 Å². The zero-order valence-electron chi connectivity index (χ0n) is 9.71. The number of hydrogen-bond donors (Lipinski definition) is 2. The van der Waals surface area contributed by atoms with Crippen LogP contribution in [-0.2, 0) is 6.54 Å². The second-order valence-electron chi connectivity index (χ2n) is 3.90. The molecule has 1 heterocycles. The number of imidazole rings is 1. The molecule has 0 saturated carbocycles. The zero-order valence-corrected chi connectivity index (χ0v) is 9.71. The number of aliphatic hydroxyl groups is 1. The molecule has 2 N–H and O–H groups in total. The van der Waals surface area contributed by atoms with Crippen LogP contribution in [0.25, 0.3) is 11.0 Å². The van der Waals surface area contributed by atoms with Gasteiger partial charge in [0.1, 0.15) is 11.9 Å². The fourth-order valence-electron chi connectivity index (χ4n) is 1.93. The van der Waals surface area contributed by atoms with Gasteiger partial charge >= 0.3 is 5.97 Å². The Kier molecular flexibility index (Phi) is 2.85. The van der Waals surface area contributed by atoms with Gasteiger partial charge in [-0.15, -0.1) is 0 Å². The lowest BCUT2D eigenvalue weighted by molar-refractivity contribution is 0.0697. The summed E-state index contributed by atoms with van der Waals surface area (Å²) in [4.78, 5) is 15.1. The molecule has 90 valence electrons. The van der Waals surface area contributed by atoms with E-state index < -0.39 is 12.1 Å². The van der Waals surface area contributed by atoms with Crippen LogP contribution in [0.1, 0.15) is 36.1 Å². The van der Waals surface area contributed by atoms with E-state index in [-0.39, 0.29) is 5.56 Å². The first kappa shape index (κ1) is 11.6. The number of aromatic carboxylic acids is 1. The fourth-order valence-corrected chi connectivity index (χ4v) is 1.93. The number of carbonyl (C=O) groups is 1. The number of aryl methyl sites for hydroxylation is 1. The highest BCUT2D eigenvalue weighted by molar-refractivity contribution is 5.92. The van der Waals surface area contributed by atoms with Gasteiger partial charge in [-0.25, -0.2) is 9.78 Å². The van der Waals surface area contributed by atoms with E-state index in [0.29, 0.717) is 17.9 Å². The number of aromatic nitrogens is 2.